The van der Waals surface area contributed by atoms with E-state index in [0.717, 1.165) is 11.3 Å². The summed E-state index contributed by atoms with van der Waals surface area (Å²) in [5.41, 5.74) is 8.03. The van der Waals surface area contributed by atoms with Crippen LogP contribution < -0.4 is 16.4 Å². The zero-order valence-electron chi connectivity index (χ0n) is 10.0. The van der Waals surface area contributed by atoms with Crippen molar-refractivity contribution in [2.75, 3.05) is 10.6 Å². The Bertz CT molecular complexity index is 474. The maximum atomic E-state index is 11.4. The van der Waals surface area contributed by atoms with Gasteiger partial charge < -0.3 is 16.4 Å². The molecule has 0 radical (unpaired) electrons. The van der Waals surface area contributed by atoms with Crippen LogP contribution in [-0.2, 0) is 16.0 Å². The molecule has 0 aromatic heterocycles. The van der Waals surface area contributed by atoms with E-state index in [1.807, 2.05) is 6.07 Å². The van der Waals surface area contributed by atoms with Crippen molar-refractivity contribution in [3.05, 3.63) is 23.8 Å². The summed E-state index contributed by atoms with van der Waals surface area (Å²) in [5.74, 6) is -0.185. The third-order valence-corrected chi connectivity index (χ3v) is 2.68. The summed E-state index contributed by atoms with van der Waals surface area (Å²) in [4.78, 5) is 22.6. The van der Waals surface area contributed by atoms with Crippen molar-refractivity contribution in [3.63, 3.8) is 0 Å². The van der Waals surface area contributed by atoms with E-state index in [1.165, 1.54) is 0 Å². The van der Waals surface area contributed by atoms with Gasteiger partial charge in [-0.2, -0.15) is 0 Å². The number of rotatable bonds is 2. The van der Waals surface area contributed by atoms with Gasteiger partial charge in [-0.05, 0) is 37.1 Å². The first-order chi connectivity index (χ1) is 8.06. The average molecular weight is 270 g/mol. The minimum Gasteiger partial charge on any atom is -0.326 e. The zero-order valence-corrected chi connectivity index (χ0v) is 10.8. The smallest absolute Gasteiger partial charge is 0.240 e. The van der Waals surface area contributed by atoms with Crippen LogP contribution in [-0.4, -0.2) is 17.9 Å². The summed E-state index contributed by atoms with van der Waals surface area (Å²) < 4.78 is 0. The third kappa shape index (κ3) is 3.21. The molecule has 1 aliphatic heterocycles. The second-order valence-electron chi connectivity index (χ2n) is 4.20. The van der Waals surface area contributed by atoms with E-state index in [2.05, 4.69) is 10.6 Å². The number of halogens is 1. The normalized spacial score (nSPS) is 14.9. The average Bonchev–Trinajstić information content (AvgIpc) is 2.29. The van der Waals surface area contributed by atoms with Crippen LogP contribution in [0.4, 0.5) is 11.4 Å². The number of carbonyl (C=O) groups excluding carboxylic acids is 2. The maximum Gasteiger partial charge on any atom is 0.240 e. The Hall–Kier alpha value is -1.59. The maximum absolute atomic E-state index is 11.4. The Kier molecular flexibility index (Phi) is 4.69. The Morgan fingerprint density at radius 1 is 1.44 bits per heavy atom. The first-order valence-corrected chi connectivity index (χ1v) is 5.55. The van der Waals surface area contributed by atoms with Crippen molar-refractivity contribution in [1.82, 2.24) is 0 Å². The van der Waals surface area contributed by atoms with Crippen molar-refractivity contribution in [1.29, 1.82) is 0 Å². The van der Waals surface area contributed by atoms with Gasteiger partial charge in [-0.1, -0.05) is 0 Å². The summed E-state index contributed by atoms with van der Waals surface area (Å²) in [7, 11) is 0. The number of benzene rings is 1. The number of hydrogen-bond acceptors (Lipinski definition) is 3. The molecule has 0 saturated heterocycles. The van der Waals surface area contributed by atoms with Crippen LogP contribution in [0, 0.1) is 0 Å². The largest absolute Gasteiger partial charge is 0.326 e. The summed E-state index contributed by atoms with van der Waals surface area (Å²) in [5, 5.41) is 5.51. The number of amides is 2. The number of aryl methyl sites for hydroxylation is 1. The Morgan fingerprint density at radius 2 is 2.17 bits per heavy atom. The monoisotopic (exact) mass is 269 g/mol. The topological polar surface area (TPSA) is 84.2 Å². The molecule has 0 spiro atoms. The third-order valence-electron chi connectivity index (χ3n) is 2.68. The lowest BCUT2D eigenvalue weighted by atomic mass is 10.0. The molecule has 1 aliphatic rings. The predicted molar refractivity (Wildman–Crippen MR) is 72.9 cm³/mol. The quantitative estimate of drug-likeness (QED) is 0.756. The van der Waals surface area contributed by atoms with Crippen molar-refractivity contribution in [2.24, 2.45) is 5.73 Å². The lowest BCUT2D eigenvalue weighted by Crippen LogP contribution is -2.32. The fourth-order valence-corrected chi connectivity index (χ4v) is 1.72. The van der Waals surface area contributed by atoms with Crippen LogP contribution in [0.3, 0.4) is 0 Å². The number of carbonyl (C=O) groups is 2. The van der Waals surface area contributed by atoms with E-state index >= 15 is 0 Å². The molecule has 2 rings (SSSR count). The lowest BCUT2D eigenvalue weighted by molar-refractivity contribution is -0.117. The molecule has 0 unspecified atom stereocenters. The van der Waals surface area contributed by atoms with Crippen LogP contribution in [0.5, 0.6) is 0 Å². The van der Waals surface area contributed by atoms with E-state index in [1.54, 1.807) is 19.1 Å². The summed E-state index contributed by atoms with van der Waals surface area (Å²) in [6, 6.07) is 4.88. The molecule has 1 atom stereocenters. The fourth-order valence-electron chi connectivity index (χ4n) is 1.72. The van der Waals surface area contributed by atoms with Crippen molar-refractivity contribution in [2.45, 2.75) is 25.8 Å². The SMILES string of the molecule is C[C@H](N)C(=O)Nc1ccc2c(c1)CCC(=O)N2.Cl. The molecule has 1 aromatic rings. The molecule has 5 nitrogen and oxygen atoms in total. The van der Waals surface area contributed by atoms with E-state index in [-0.39, 0.29) is 24.2 Å². The molecule has 0 fully saturated rings. The van der Waals surface area contributed by atoms with Gasteiger partial charge in [0, 0.05) is 17.8 Å². The first-order valence-electron chi connectivity index (χ1n) is 5.55. The molecule has 0 bridgehead atoms. The molecule has 1 heterocycles. The number of fused-ring (bicyclic) bond motifs is 1. The second-order valence-corrected chi connectivity index (χ2v) is 4.20. The van der Waals surface area contributed by atoms with Gasteiger partial charge in [0.2, 0.25) is 11.8 Å². The van der Waals surface area contributed by atoms with E-state index < -0.39 is 6.04 Å². The number of nitrogens with two attached hydrogens (primary N) is 1. The Morgan fingerprint density at radius 3 is 2.83 bits per heavy atom. The number of nitrogens with one attached hydrogen (secondary N) is 2. The van der Waals surface area contributed by atoms with Crippen molar-refractivity contribution >= 4 is 35.6 Å². The Balaban J connectivity index is 0.00000162. The van der Waals surface area contributed by atoms with Gasteiger partial charge in [0.25, 0.3) is 0 Å². The second kappa shape index (κ2) is 5.84. The molecule has 18 heavy (non-hydrogen) atoms. The van der Waals surface area contributed by atoms with Crippen LogP contribution in [0.1, 0.15) is 18.9 Å². The molecule has 0 aliphatic carbocycles. The Labute approximate surface area is 112 Å². The molecule has 2 amide bonds. The highest BCUT2D eigenvalue weighted by molar-refractivity contribution is 5.96. The predicted octanol–water partition coefficient (Wildman–Crippen LogP) is 1.28. The van der Waals surface area contributed by atoms with Crippen molar-refractivity contribution in [3.8, 4) is 0 Å². The van der Waals surface area contributed by atoms with Crippen LogP contribution in [0.15, 0.2) is 18.2 Å². The van der Waals surface area contributed by atoms with E-state index in [4.69, 9.17) is 5.73 Å². The van der Waals surface area contributed by atoms with Crippen LogP contribution >= 0.6 is 12.4 Å². The minimum absolute atomic E-state index is 0. The lowest BCUT2D eigenvalue weighted by Gasteiger charge is -2.18. The summed E-state index contributed by atoms with van der Waals surface area (Å²) in [6.07, 6.45) is 1.18. The summed E-state index contributed by atoms with van der Waals surface area (Å²) in [6.45, 7) is 1.63. The standard InChI is InChI=1S/C12H15N3O2.ClH/c1-7(13)12(17)14-9-3-4-10-8(6-9)2-5-11(16)15-10;/h3-4,6-7H,2,5,13H2,1H3,(H,14,17)(H,15,16);1H/t7-;/m0./s1. The van der Waals surface area contributed by atoms with Gasteiger partial charge in [-0.25, -0.2) is 0 Å². The number of anilines is 2. The van der Waals surface area contributed by atoms with Gasteiger partial charge in [-0.15, -0.1) is 12.4 Å². The van der Waals surface area contributed by atoms with Crippen LogP contribution in [0.2, 0.25) is 0 Å². The van der Waals surface area contributed by atoms with Crippen molar-refractivity contribution < 1.29 is 9.59 Å². The molecule has 4 N–H and O–H groups in total. The van der Waals surface area contributed by atoms with Crippen LogP contribution in [0.25, 0.3) is 0 Å². The van der Waals surface area contributed by atoms with Gasteiger partial charge in [-0.3, -0.25) is 9.59 Å². The van der Waals surface area contributed by atoms with Gasteiger partial charge in [0.05, 0.1) is 6.04 Å². The highest BCUT2D eigenvalue weighted by Crippen LogP contribution is 2.25. The van der Waals surface area contributed by atoms with Gasteiger partial charge in [0.15, 0.2) is 0 Å². The highest BCUT2D eigenvalue weighted by Gasteiger charge is 2.15. The van der Waals surface area contributed by atoms with Gasteiger partial charge >= 0.3 is 0 Å². The van der Waals surface area contributed by atoms with E-state index in [0.29, 0.717) is 18.5 Å². The highest BCUT2D eigenvalue weighted by atomic mass is 35.5. The first kappa shape index (κ1) is 14.5. The van der Waals surface area contributed by atoms with Gasteiger partial charge in [0.1, 0.15) is 0 Å². The molecular formula is C12H16ClN3O2. The van der Waals surface area contributed by atoms with E-state index in [9.17, 15) is 9.59 Å². The molecular weight excluding hydrogens is 254 g/mol. The number of hydrogen-bond donors (Lipinski definition) is 3. The molecule has 1 aromatic carbocycles. The molecule has 6 heteroatoms. The zero-order chi connectivity index (χ0) is 12.4. The fraction of sp³-hybridized carbons (Fsp3) is 0.333. The minimum atomic E-state index is -0.536. The molecule has 0 saturated carbocycles. The summed E-state index contributed by atoms with van der Waals surface area (Å²) >= 11 is 0. The molecule has 98 valence electrons.